The molecule has 0 fully saturated rings. The predicted molar refractivity (Wildman–Crippen MR) is 92.9 cm³/mol. The molecule has 0 aliphatic carbocycles. The number of rotatable bonds is 6. The maximum atomic E-state index is 13.5. The van der Waals surface area contributed by atoms with E-state index in [2.05, 4.69) is 20.8 Å². The first-order valence-electron chi connectivity index (χ1n) is 7.62. The van der Waals surface area contributed by atoms with Gasteiger partial charge >= 0.3 is 0 Å². The van der Waals surface area contributed by atoms with Crippen molar-refractivity contribution >= 4 is 17.7 Å². The van der Waals surface area contributed by atoms with Crippen molar-refractivity contribution < 1.29 is 9.18 Å². The van der Waals surface area contributed by atoms with E-state index in [1.807, 2.05) is 31.2 Å². The zero-order chi connectivity index (χ0) is 17.6. The number of para-hydroxylation sites is 1. The van der Waals surface area contributed by atoms with Crippen LogP contribution >= 0.6 is 11.8 Å². The largest absolute Gasteiger partial charge is 0.351 e. The number of tetrazole rings is 1. The number of hydrogen-bond donors (Lipinski definition) is 1. The molecule has 0 aliphatic heterocycles. The summed E-state index contributed by atoms with van der Waals surface area (Å²) in [7, 11) is 0. The van der Waals surface area contributed by atoms with Crippen LogP contribution in [-0.4, -0.2) is 31.9 Å². The molecule has 8 heteroatoms. The van der Waals surface area contributed by atoms with Gasteiger partial charge in [0.15, 0.2) is 0 Å². The van der Waals surface area contributed by atoms with E-state index in [-0.39, 0.29) is 24.0 Å². The zero-order valence-corrected chi connectivity index (χ0v) is 14.3. The number of amides is 1. The Kier molecular flexibility index (Phi) is 5.39. The fraction of sp³-hybridized carbons (Fsp3) is 0.176. The van der Waals surface area contributed by atoms with Crippen LogP contribution in [0.1, 0.15) is 11.1 Å². The van der Waals surface area contributed by atoms with Crippen molar-refractivity contribution in [2.45, 2.75) is 18.6 Å². The molecule has 3 aromatic rings. The number of hydrogen-bond acceptors (Lipinski definition) is 5. The Balaban J connectivity index is 1.59. The Morgan fingerprint density at radius 1 is 1.20 bits per heavy atom. The molecule has 0 bridgehead atoms. The minimum Gasteiger partial charge on any atom is -0.351 e. The van der Waals surface area contributed by atoms with Crippen LogP contribution in [0.25, 0.3) is 5.69 Å². The molecule has 1 N–H and O–H groups in total. The summed E-state index contributed by atoms with van der Waals surface area (Å²) in [5.41, 5.74) is 2.34. The van der Waals surface area contributed by atoms with Gasteiger partial charge in [-0.05, 0) is 35.0 Å². The second-order valence-corrected chi connectivity index (χ2v) is 6.26. The number of carbonyl (C=O) groups is 1. The van der Waals surface area contributed by atoms with Gasteiger partial charge in [-0.15, -0.1) is 5.10 Å². The van der Waals surface area contributed by atoms with Crippen molar-refractivity contribution in [3.8, 4) is 5.69 Å². The molecule has 0 saturated carbocycles. The minimum absolute atomic E-state index is 0.140. The zero-order valence-electron chi connectivity index (χ0n) is 13.5. The smallest absolute Gasteiger partial charge is 0.230 e. The average Bonchev–Trinajstić information content (AvgIpc) is 3.08. The second-order valence-electron chi connectivity index (χ2n) is 5.32. The Morgan fingerprint density at radius 2 is 1.96 bits per heavy atom. The second kappa shape index (κ2) is 7.89. The molecule has 0 atom stereocenters. The van der Waals surface area contributed by atoms with E-state index in [0.29, 0.717) is 10.7 Å². The Labute approximate surface area is 148 Å². The maximum Gasteiger partial charge on any atom is 0.230 e. The quantitative estimate of drug-likeness (QED) is 0.686. The Morgan fingerprint density at radius 3 is 2.76 bits per heavy atom. The van der Waals surface area contributed by atoms with Crippen LogP contribution in [0.2, 0.25) is 0 Å². The molecular weight excluding hydrogens is 341 g/mol. The summed E-state index contributed by atoms with van der Waals surface area (Å²) >= 11 is 1.23. The van der Waals surface area contributed by atoms with Crippen molar-refractivity contribution in [2.75, 3.05) is 5.75 Å². The van der Waals surface area contributed by atoms with Crippen LogP contribution in [0.15, 0.2) is 53.7 Å². The van der Waals surface area contributed by atoms with Crippen molar-refractivity contribution in [1.29, 1.82) is 0 Å². The van der Waals surface area contributed by atoms with Gasteiger partial charge in [-0.3, -0.25) is 4.79 Å². The van der Waals surface area contributed by atoms with Crippen LogP contribution in [-0.2, 0) is 11.3 Å². The van der Waals surface area contributed by atoms with Crippen LogP contribution < -0.4 is 5.32 Å². The number of nitrogens with zero attached hydrogens (tertiary/aromatic N) is 4. The van der Waals surface area contributed by atoms with Crippen molar-refractivity contribution in [3.63, 3.8) is 0 Å². The lowest BCUT2D eigenvalue weighted by Crippen LogP contribution is -2.25. The van der Waals surface area contributed by atoms with Gasteiger partial charge in [0.2, 0.25) is 11.1 Å². The van der Waals surface area contributed by atoms with Crippen molar-refractivity contribution in [1.82, 2.24) is 25.5 Å². The summed E-state index contributed by atoms with van der Waals surface area (Å²) in [6.07, 6.45) is 0. The topological polar surface area (TPSA) is 72.7 Å². The van der Waals surface area contributed by atoms with Gasteiger partial charge < -0.3 is 5.32 Å². The molecule has 0 radical (unpaired) electrons. The summed E-state index contributed by atoms with van der Waals surface area (Å²) in [6.45, 7) is 2.11. The number of nitrogens with one attached hydrogen (secondary N) is 1. The van der Waals surface area contributed by atoms with Gasteiger partial charge in [-0.25, -0.2) is 4.39 Å². The molecule has 0 aliphatic rings. The van der Waals surface area contributed by atoms with Crippen LogP contribution in [0.5, 0.6) is 0 Å². The number of halogens is 1. The highest BCUT2D eigenvalue weighted by molar-refractivity contribution is 7.99. The van der Waals surface area contributed by atoms with E-state index in [0.717, 1.165) is 11.3 Å². The van der Waals surface area contributed by atoms with Gasteiger partial charge in [0, 0.05) is 12.1 Å². The Bertz CT molecular complexity index is 883. The van der Waals surface area contributed by atoms with Crippen molar-refractivity contribution in [3.05, 3.63) is 65.5 Å². The molecule has 0 spiro atoms. The SMILES string of the molecule is Cc1ccccc1-n1nnnc1SCC(=O)NCc1ccccc1F. The van der Waals surface area contributed by atoms with Crippen LogP contribution in [0.4, 0.5) is 4.39 Å². The molecule has 6 nitrogen and oxygen atoms in total. The first-order valence-corrected chi connectivity index (χ1v) is 8.61. The highest BCUT2D eigenvalue weighted by atomic mass is 32.2. The third-order valence-electron chi connectivity index (χ3n) is 3.55. The lowest BCUT2D eigenvalue weighted by molar-refractivity contribution is -0.118. The number of benzene rings is 2. The van der Waals surface area contributed by atoms with E-state index in [4.69, 9.17) is 0 Å². The molecule has 0 saturated heterocycles. The maximum absolute atomic E-state index is 13.5. The normalized spacial score (nSPS) is 10.6. The van der Waals surface area contributed by atoms with E-state index >= 15 is 0 Å². The lowest BCUT2D eigenvalue weighted by Gasteiger charge is -2.08. The fourth-order valence-corrected chi connectivity index (χ4v) is 2.95. The molecule has 128 valence electrons. The summed E-state index contributed by atoms with van der Waals surface area (Å²) in [5.74, 6) is -0.410. The molecule has 1 amide bonds. The Hall–Kier alpha value is -2.74. The highest BCUT2D eigenvalue weighted by Crippen LogP contribution is 2.20. The monoisotopic (exact) mass is 357 g/mol. The third-order valence-corrected chi connectivity index (χ3v) is 4.47. The number of thioether (sulfide) groups is 1. The molecule has 3 rings (SSSR count). The van der Waals surface area contributed by atoms with Crippen LogP contribution in [0.3, 0.4) is 0 Å². The molecule has 1 aromatic heterocycles. The van der Waals surface area contributed by atoms with E-state index < -0.39 is 0 Å². The fourth-order valence-electron chi connectivity index (χ4n) is 2.24. The van der Waals surface area contributed by atoms with Crippen LogP contribution in [0, 0.1) is 12.7 Å². The van der Waals surface area contributed by atoms with Gasteiger partial charge in [0.1, 0.15) is 5.82 Å². The molecule has 0 unspecified atom stereocenters. The highest BCUT2D eigenvalue weighted by Gasteiger charge is 2.13. The third kappa shape index (κ3) is 4.21. The first kappa shape index (κ1) is 17.1. The van der Waals surface area contributed by atoms with Gasteiger partial charge in [0.25, 0.3) is 0 Å². The average molecular weight is 357 g/mol. The number of aromatic nitrogens is 4. The van der Waals surface area contributed by atoms with E-state index in [9.17, 15) is 9.18 Å². The molecule has 25 heavy (non-hydrogen) atoms. The van der Waals surface area contributed by atoms with Gasteiger partial charge in [-0.1, -0.05) is 48.2 Å². The lowest BCUT2D eigenvalue weighted by atomic mass is 10.2. The predicted octanol–water partition coefficient (Wildman–Crippen LogP) is 2.52. The minimum atomic E-state index is -0.334. The van der Waals surface area contributed by atoms with E-state index in [1.165, 1.54) is 17.8 Å². The summed E-state index contributed by atoms with van der Waals surface area (Å²) < 4.78 is 15.1. The first-order chi connectivity index (χ1) is 12.1. The van der Waals surface area contributed by atoms with Gasteiger partial charge in [0.05, 0.1) is 11.4 Å². The molecule has 2 aromatic carbocycles. The molecular formula is C17H16FN5OS. The summed E-state index contributed by atoms with van der Waals surface area (Å²) in [4.78, 5) is 12.0. The van der Waals surface area contributed by atoms with Gasteiger partial charge in [-0.2, -0.15) is 4.68 Å². The van der Waals surface area contributed by atoms with Crippen molar-refractivity contribution in [2.24, 2.45) is 0 Å². The summed E-state index contributed by atoms with van der Waals surface area (Å²) in [5, 5.41) is 14.8. The summed E-state index contributed by atoms with van der Waals surface area (Å²) in [6, 6.07) is 14.1. The van der Waals surface area contributed by atoms with E-state index in [1.54, 1.807) is 22.9 Å². The standard InChI is InChI=1S/C17H16FN5OS/c1-12-6-2-5-9-15(12)23-17(20-21-22-23)25-11-16(24)19-10-13-7-3-4-8-14(13)18/h2-9H,10-11H2,1H3,(H,19,24). The molecule has 1 heterocycles. The number of aryl methyl sites for hydroxylation is 1. The number of carbonyl (C=O) groups excluding carboxylic acids is 1.